The van der Waals surface area contributed by atoms with Crippen molar-refractivity contribution in [3.63, 3.8) is 0 Å². The standard InChI is InChI=1S/C31H46N2.2C17H26O4.Ni/c1-5-9-14-22-31(30(21-12-8-4)32-28-19-15-13-16-20-28)33-29-24-26(17-10-6-2)23-27(25-29)18-11-7-3;2*1-3-5-7-9-12-11-14(18)16(19)15(17(20)21)13(12)10-8-6-4-2;/h13,15-16,19-20,23-25H,5-12,14,17-18,21-22H2,1-4H3;2*11,18-19H,3-10H2,1-2H3,(H,20,21);/q;;;+2/p-2. The number of carboxylic acid groups (broad SMARTS) is 2. The van der Waals surface area contributed by atoms with E-state index in [1.165, 1.54) is 86.0 Å². The van der Waals surface area contributed by atoms with Crippen LogP contribution in [0.15, 0.2) is 70.6 Å². The summed E-state index contributed by atoms with van der Waals surface area (Å²) in [5, 5.41) is 61.9. The number of phenols is 2. The number of aryl methyl sites for hydroxylation is 4. The summed E-state index contributed by atoms with van der Waals surface area (Å²) >= 11 is 0. The van der Waals surface area contributed by atoms with Gasteiger partial charge in [0.1, 0.15) is 11.5 Å². The first-order valence-corrected chi connectivity index (χ1v) is 29.1. The second kappa shape index (κ2) is 41.0. The fraction of sp³-hybridized carbons (Fsp3) is 0.569. The number of hydrogen-bond acceptors (Lipinski definition) is 8. The van der Waals surface area contributed by atoms with E-state index < -0.39 is 34.9 Å². The molecule has 0 spiro atoms. The molecule has 0 saturated carbocycles. The van der Waals surface area contributed by atoms with E-state index in [-0.39, 0.29) is 27.6 Å². The number of unbranched alkanes of at least 4 members (excludes halogenated alkanes) is 13. The molecule has 0 bridgehead atoms. The van der Waals surface area contributed by atoms with E-state index in [0.29, 0.717) is 36.8 Å². The maximum Gasteiger partial charge on any atom is 2.00 e. The van der Waals surface area contributed by atoms with Gasteiger partial charge in [0.15, 0.2) is 0 Å². The first-order chi connectivity index (χ1) is 36.2. The van der Waals surface area contributed by atoms with Crippen LogP contribution in [0.1, 0.15) is 257 Å². The zero-order valence-corrected chi connectivity index (χ0v) is 48.9. The van der Waals surface area contributed by atoms with E-state index >= 15 is 0 Å². The molecular formula is C65H96N2NiO8. The Morgan fingerprint density at radius 3 is 1.16 bits per heavy atom. The molecule has 4 aromatic carbocycles. The quantitative estimate of drug-likeness (QED) is 0.0202. The number of benzene rings is 4. The van der Waals surface area contributed by atoms with Crippen molar-refractivity contribution in [2.75, 3.05) is 0 Å². The zero-order valence-electron chi connectivity index (χ0n) is 47.9. The van der Waals surface area contributed by atoms with Crippen molar-refractivity contribution in [2.24, 2.45) is 9.98 Å². The maximum atomic E-state index is 11.9. The van der Waals surface area contributed by atoms with Gasteiger partial charge in [-0.15, -0.1) is 0 Å². The smallest absolute Gasteiger partial charge is 0.869 e. The Labute approximate surface area is 469 Å². The number of carbonyl (C=O) groups is 2. The molecule has 4 rings (SSSR count). The second-order valence-corrected chi connectivity index (χ2v) is 20.1. The molecule has 4 N–H and O–H groups in total. The third kappa shape index (κ3) is 25.3. The fourth-order valence-corrected chi connectivity index (χ4v) is 9.28. The SMILES string of the molecule is CCCCCC(=Nc1cc(CCCC)cc(CCCC)c1)C(CCCC)=Nc1ccccc1.CCCCCc1cc(O)c([O-])c(C(=O)O)c1CCCCC.CCCCCc1cc(O)c([O-])c(C(=O)O)c1CCCCC.[Ni+2]. The van der Waals surface area contributed by atoms with Gasteiger partial charge in [-0.1, -0.05) is 175 Å². The van der Waals surface area contributed by atoms with E-state index in [9.17, 15) is 40.2 Å². The third-order valence-electron chi connectivity index (χ3n) is 13.6. The number of carboxylic acids is 2. The Hall–Kier alpha value is -5.15. The van der Waals surface area contributed by atoms with Gasteiger partial charge in [-0.25, -0.2) is 9.59 Å². The van der Waals surface area contributed by atoms with E-state index in [1.54, 1.807) is 0 Å². The normalized spacial score (nSPS) is 11.3. The summed E-state index contributed by atoms with van der Waals surface area (Å²) < 4.78 is 0. The van der Waals surface area contributed by atoms with E-state index in [4.69, 9.17) is 9.98 Å². The molecule has 0 aromatic heterocycles. The van der Waals surface area contributed by atoms with Gasteiger partial charge in [0.05, 0.1) is 33.9 Å². The number of aromatic carboxylic acids is 2. The molecule has 0 aliphatic heterocycles. The van der Waals surface area contributed by atoms with Crippen LogP contribution in [-0.4, -0.2) is 43.8 Å². The van der Waals surface area contributed by atoms with Crippen LogP contribution in [0.5, 0.6) is 23.0 Å². The summed E-state index contributed by atoms with van der Waals surface area (Å²) in [6, 6.07) is 20.4. The predicted molar refractivity (Wildman–Crippen MR) is 310 cm³/mol. The number of aliphatic imine (C=N–C) groups is 2. The van der Waals surface area contributed by atoms with Gasteiger partial charge in [0.25, 0.3) is 0 Å². The largest absolute Gasteiger partial charge is 2.00 e. The molecule has 0 aliphatic rings. The van der Waals surface area contributed by atoms with Crippen LogP contribution in [0.3, 0.4) is 0 Å². The van der Waals surface area contributed by atoms with Gasteiger partial charge in [-0.05, 0) is 173 Å². The third-order valence-corrected chi connectivity index (χ3v) is 13.6. The molecule has 0 unspecified atom stereocenters. The number of aromatic hydroxyl groups is 2. The van der Waals surface area contributed by atoms with Gasteiger partial charge >= 0.3 is 28.4 Å². The van der Waals surface area contributed by atoms with Crippen molar-refractivity contribution < 1.29 is 56.7 Å². The van der Waals surface area contributed by atoms with Crippen LogP contribution in [0.4, 0.5) is 11.4 Å². The number of para-hydroxylation sites is 1. The van der Waals surface area contributed by atoms with Gasteiger partial charge < -0.3 is 30.6 Å². The molecule has 424 valence electrons. The summed E-state index contributed by atoms with van der Waals surface area (Å²) in [5.41, 5.74) is 9.79. The summed E-state index contributed by atoms with van der Waals surface area (Å²) in [6.45, 7) is 17.4. The molecule has 0 fully saturated rings. The zero-order chi connectivity index (χ0) is 55.4. The van der Waals surface area contributed by atoms with Crippen LogP contribution < -0.4 is 10.2 Å². The Balaban J connectivity index is 0.000000591. The minimum atomic E-state index is -1.24. The number of rotatable bonds is 34. The number of hydrogen-bond donors (Lipinski definition) is 4. The monoisotopic (exact) mass is 1090 g/mol. The molecule has 0 amide bonds. The summed E-state index contributed by atoms with van der Waals surface area (Å²) in [4.78, 5) is 33.2. The number of nitrogens with zero attached hydrogens (tertiary/aromatic N) is 2. The van der Waals surface area contributed by atoms with Crippen molar-refractivity contribution in [3.05, 3.63) is 105 Å². The summed E-state index contributed by atoms with van der Waals surface area (Å²) in [5.74, 6) is -4.88. The predicted octanol–water partition coefficient (Wildman–Crippen LogP) is 17.2. The molecule has 0 saturated heterocycles. The molecule has 0 aliphatic carbocycles. The van der Waals surface area contributed by atoms with Crippen LogP contribution in [-0.2, 0) is 55.0 Å². The fourth-order valence-electron chi connectivity index (χ4n) is 9.28. The average molecular weight is 1090 g/mol. The molecule has 11 heteroatoms. The van der Waals surface area contributed by atoms with Crippen LogP contribution in [0.25, 0.3) is 0 Å². The van der Waals surface area contributed by atoms with Crippen molar-refractivity contribution in [2.45, 2.75) is 242 Å². The minimum Gasteiger partial charge on any atom is -0.869 e. The molecule has 0 atom stereocenters. The van der Waals surface area contributed by atoms with E-state index in [1.807, 2.05) is 0 Å². The minimum absolute atomic E-state index is 0. The summed E-state index contributed by atoms with van der Waals surface area (Å²) in [7, 11) is 0. The molecular weight excluding hydrogens is 995 g/mol. The second-order valence-electron chi connectivity index (χ2n) is 20.1. The van der Waals surface area contributed by atoms with Crippen LogP contribution >= 0.6 is 0 Å². The van der Waals surface area contributed by atoms with Gasteiger partial charge in [-0.2, -0.15) is 0 Å². The van der Waals surface area contributed by atoms with Crippen molar-refractivity contribution in [3.8, 4) is 23.0 Å². The molecule has 76 heavy (non-hydrogen) atoms. The van der Waals surface area contributed by atoms with Crippen molar-refractivity contribution >= 4 is 34.7 Å². The Morgan fingerprint density at radius 1 is 0.421 bits per heavy atom. The van der Waals surface area contributed by atoms with E-state index in [0.717, 1.165) is 132 Å². The molecule has 0 heterocycles. The maximum absolute atomic E-state index is 11.9. The van der Waals surface area contributed by atoms with Crippen LogP contribution in [0, 0.1) is 0 Å². The number of phenolic OH excluding ortho intramolecular Hbond substituents is 2. The first-order valence-electron chi connectivity index (χ1n) is 29.1. The topological polar surface area (TPSA) is 186 Å². The Morgan fingerprint density at radius 2 is 0.776 bits per heavy atom. The van der Waals surface area contributed by atoms with Crippen molar-refractivity contribution in [1.29, 1.82) is 0 Å². The van der Waals surface area contributed by atoms with Gasteiger partial charge in [0, 0.05) is 0 Å². The van der Waals surface area contributed by atoms with Gasteiger partial charge in [0.2, 0.25) is 0 Å². The van der Waals surface area contributed by atoms with E-state index in [2.05, 4.69) is 104 Å². The Kier molecular flexibility index (Phi) is 37.2. The first kappa shape index (κ1) is 68.9. The molecule has 4 aromatic rings. The summed E-state index contributed by atoms with van der Waals surface area (Å²) in [6.07, 6.45) is 29.7. The van der Waals surface area contributed by atoms with Crippen LogP contribution in [0.2, 0.25) is 0 Å². The average Bonchev–Trinajstić information content (AvgIpc) is 3.39. The Bertz CT molecular complexity index is 2210. The molecule has 0 radical (unpaired) electrons. The molecule has 10 nitrogen and oxygen atoms in total. The van der Waals surface area contributed by atoms with Gasteiger partial charge in [-0.3, -0.25) is 9.98 Å². The van der Waals surface area contributed by atoms with Crippen molar-refractivity contribution in [1.82, 2.24) is 0 Å².